The zero-order chi connectivity index (χ0) is 5.86. The standard InChI is InChI=1S/C3H2Cl2F2/c4-2(1-6)3(5)7/h1H2. The Hall–Kier alpha value is 0.180. The number of hydrogen-bond acceptors (Lipinski definition) is 0. The van der Waals surface area contributed by atoms with Crippen LogP contribution in [0.2, 0.25) is 0 Å². The second-order valence-electron chi connectivity index (χ2n) is 0.799. The van der Waals surface area contributed by atoms with E-state index in [1.54, 1.807) is 0 Å². The Bertz CT molecular complexity index is 84.9. The molecule has 0 amide bonds. The van der Waals surface area contributed by atoms with Gasteiger partial charge in [-0.1, -0.05) is 11.6 Å². The normalized spacial score (nSPS) is 13.7. The van der Waals surface area contributed by atoms with Gasteiger partial charge in [0.2, 0.25) is 5.29 Å². The van der Waals surface area contributed by atoms with E-state index >= 15 is 0 Å². The van der Waals surface area contributed by atoms with Gasteiger partial charge in [0.05, 0.1) is 5.03 Å². The average molecular weight is 147 g/mol. The van der Waals surface area contributed by atoms with Gasteiger partial charge in [-0.2, -0.15) is 4.39 Å². The molecule has 0 saturated heterocycles. The van der Waals surface area contributed by atoms with Crippen LogP contribution in [0, 0.1) is 0 Å². The van der Waals surface area contributed by atoms with Crippen molar-refractivity contribution in [2.24, 2.45) is 0 Å². The lowest BCUT2D eigenvalue weighted by Gasteiger charge is -1.82. The van der Waals surface area contributed by atoms with Crippen molar-refractivity contribution >= 4 is 23.2 Å². The van der Waals surface area contributed by atoms with Gasteiger partial charge in [0.25, 0.3) is 0 Å². The molecule has 0 spiro atoms. The first kappa shape index (κ1) is 7.18. The van der Waals surface area contributed by atoms with E-state index in [1.807, 2.05) is 0 Å². The predicted molar refractivity (Wildman–Crippen MR) is 25.8 cm³/mol. The van der Waals surface area contributed by atoms with Gasteiger partial charge in [-0.3, -0.25) is 0 Å². The van der Waals surface area contributed by atoms with Crippen LogP contribution in [0.4, 0.5) is 8.78 Å². The summed E-state index contributed by atoms with van der Waals surface area (Å²) in [5.74, 6) is 0. The largest absolute Gasteiger partial charge is 0.245 e. The van der Waals surface area contributed by atoms with E-state index in [1.165, 1.54) is 0 Å². The van der Waals surface area contributed by atoms with Crippen LogP contribution >= 0.6 is 23.2 Å². The zero-order valence-corrected chi connectivity index (χ0v) is 4.73. The summed E-state index contributed by atoms with van der Waals surface area (Å²) in [4.78, 5) is 0. The van der Waals surface area contributed by atoms with Crippen LogP contribution < -0.4 is 0 Å². The lowest BCUT2D eigenvalue weighted by molar-refractivity contribution is 0.544. The molecule has 0 N–H and O–H groups in total. The van der Waals surface area contributed by atoms with Crippen molar-refractivity contribution in [3.63, 3.8) is 0 Å². The Morgan fingerprint density at radius 1 is 1.43 bits per heavy atom. The van der Waals surface area contributed by atoms with Crippen LogP contribution in [-0.4, -0.2) is 6.67 Å². The fourth-order valence-electron chi connectivity index (χ4n) is 0.0505. The molecule has 0 aliphatic rings. The van der Waals surface area contributed by atoms with Crippen LogP contribution in [0.1, 0.15) is 0 Å². The molecule has 0 aliphatic carbocycles. The lowest BCUT2D eigenvalue weighted by Crippen LogP contribution is -1.72. The number of rotatable bonds is 1. The molecule has 0 bridgehead atoms. The van der Waals surface area contributed by atoms with Crippen molar-refractivity contribution in [3.8, 4) is 0 Å². The minimum Gasteiger partial charge on any atom is -0.245 e. The van der Waals surface area contributed by atoms with Crippen LogP contribution in [0.5, 0.6) is 0 Å². The monoisotopic (exact) mass is 146 g/mol. The van der Waals surface area contributed by atoms with Crippen molar-refractivity contribution in [1.82, 2.24) is 0 Å². The van der Waals surface area contributed by atoms with E-state index in [2.05, 4.69) is 11.6 Å². The molecule has 0 fully saturated rings. The van der Waals surface area contributed by atoms with E-state index in [4.69, 9.17) is 11.6 Å². The van der Waals surface area contributed by atoms with Gasteiger partial charge in [0.1, 0.15) is 6.67 Å². The van der Waals surface area contributed by atoms with E-state index in [0.29, 0.717) is 0 Å². The highest BCUT2D eigenvalue weighted by Crippen LogP contribution is 2.14. The summed E-state index contributed by atoms with van der Waals surface area (Å²) in [5, 5.41) is -1.76. The lowest BCUT2D eigenvalue weighted by atomic mass is 10.7. The molecular formula is C3H2Cl2F2. The summed E-state index contributed by atoms with van der Waals surface area (Å²) in [6.07, 6.45) is 0. The molecule has 0 aliphatic heterocycles. The molecule has 7 heavy (non-hydrogen) atoms. The Labute approximate surface area is 49.7 Å². The second kappa shape index (κ2) is 3.22. The van der Waals surface area contributed by atoms with Crippen molar-refractivity contribution < 1.29 is 8.78 Å². The minimum atomic E-state index is -1.18. The highest BCUT2D eigenvalue weighted by Gasteiger charge is 1.96. The second-order valence-corrected chi connectivity index (χ2v) is 1.59. The third-order valence-corrected chi connectivity index (χ3v) is 0.914. The van der Waals surface area contributed by atoms with E-state index in [9.17, 15) is 8.78 Å². The minimum absolute atomic E-state index is 0.582. The van der Waals surface area contributed by atoms with Crippen molar-refractivity contribution in [2.45, 2.75) is 0 Å². The molecule has 0 nitrogen and oxygen atoms in total. The van der Waals surface area contributed by atoms with Crippen molar-refractivity contribution in [3.05, 3.63) is 10.3 Å². The molecule has 42 valence electrons. The zero-order valence-electron chi connectivity index (χ0n) is 3.22. The maximum atomic E-state index is 11.4. The van der Waals surface area contributed by atoms with Gasteiger partial charge in [0, 0.05) is 0 Å². The summed E-state index contributed by atoms with van der Waals surface area (Å²) < 4.78 is 22.5. The summed E-state index contributed by atoms with van der Waals surface area (Å²) in [7, 11) is 0. The Morgan fingerprint density at radius 2 is 1.86 bits per heavy atom. The molecule has 4 heteroatoms. The first-order chi connectivity index (χ1) is 3.18. The quantitative estimate of drug-likeness (QED) is 0.534. The summed E-state index contributed by atoms with van der Waals surface area (Å²) in [6, 6.07) is 0. The van der Waals surface area contributed by atoms with Crippen LogP contribution in [0.3, 0.4) is 0 Å². The smallest absolute Gasteiger partial charge is 0.206 e. The van der Waals surface area contributed by atoms with Gasteiger partial charge in [-0.15, -0.1) is 0 Å². The van der Waals surface area contributed by atoms with Crippen LogP contribution in [0.25, 0.3) is 0 Å². The maximum absolute atomic E-state index is 11.4. The SMILES string of the molecule is FCC(Cl)=C(F)Cl. The van der Waals surface area contributed by atoms with Gasteiger partial charge in [0.15, 0.2) is 0 Å². The molecular weight excluding hydrogens is 145 g/mol. The Kier molecular flexibility index (Phi) is 3.30. The topological polar surface area (TPSA) is 0 Å². The summed E-state index contributed by atoms with van der Waals surface area (Å²) >= 11 is 9.37. The first-order valence-electron chi connectivity index (χ1n) is 1.44. The van der Waals surface area contributed by atoms with E-state index < -0.39 is 17.0 Å². The van der Waals surface area contributed by atoms with Gasteiger partial charge < -0.3 is 0 Å². The third kappa shape index (κ3) is 2.83. The molecule has 0 aromatic rings. The maximum Gasteiger partial charge on any atom is 0.206 e. The van der Waals surface area contributed by atoms with Gasteiger partial charge in [-0.25, -0.2) is 4.39 Å². The molecule has 0 saturated carbocycles. The molecule has 0 unspecified atom stereocenters. The molecule has 0 radical (unpaired) electrons. The summed E-state index contributed by atoms with van der Waals surface area (Å²) in [5.41, 5.74) is 0. The Morgan fingerprint density at radius 3 is 1.86 bits per heavy atom. The van der Waals surface area contributed by atoms with E-state index in [-0.39, 0.29) is 0 Å². The molecule has 0 aromatic heterocycles. The molecule has 0 rings (SSSR count). The fraction of sp³-hybridized carbons (Fsp3) is 0.333. The highest BCUT2D eigenvalue weighted by atomic mass is 35.5. The molecule has 0 aromatic carbocycles. The molecule has 0 heterocycles. The van der Waals surface area contributed by atoms with Crippen molar-refractivity contribution in [2.75, 3.05) is 6.67 Å². The van der Waals surface area contributed by atoms with Gasteiger partial charge in [-0.05, 0) is 11.6 Å². The first-order valence-corrected chi connectivity index (χ1v) is 2.19. The Balaban J connectivity index is 3.72. The van der Waals surface area contributed by atoms with Crippen molar-refractivity contribution in [1.29, 1.82) is 0 Å². The van der Waals surface area contributed by atoms with Crippen LogP contribution in [-0.2, 0) is 0 Å². The number of hydrogen-bond donors (Lipinski definition) is 0. The number of halogens is 4. The van der Waals surface area contributed by atoms with Gasteiger partial charge >= 0.3 is 0 Å². The fourth-order valence-corrected chi connectivity index (χ4v) is 0.101. The molecule has 0 atom stereocenters. The number of alkyl halides is 1. The highest BCUT2D eigenvalue weighted by molar-refractivity contribution is 6.38. The van der Waals surface area contributed by atoms with Crippen LogP contribution in [0.15, 0.2) is 10.3 Å². The third-order valence-electron chi connectivity index (χ3n) is 0.322. The summed E-state index contributed by atoms with van der Waals surface area (Å²) in [6.45, 7) is -1.04. The number of allylic oxidation sites excluding steroid dienone is 1. The predicted octanol–water partition coefficient (Wildman–Crippen LogP) is 2.57. The average Bonchev–Trinajstić information content (AvgIpc) is 1.65. The van der Waals surface area contributed by atoms with E-state index in [0.717, 1.165) is 0 Å².